The molecule has 90 valence electrons. The first-order chi connectivity index (χ1) is 7.55. The van der Waals surface area contributed by atoms with Gasteiger partial charge in [0.2, 0.25) is 0 Å². The van der Waals surface area contributed by atoms with Crippen molar-refractivity contribution in [2.75, 3.05) is 13.1 Å². The zero-order valence-electron chi connectivity index (χ0n) is 9.30. The molecular weight excluding hydrogens is 230 g/mol. The summed E-state index contributed by atoms with van der Waals surface area (Å²) < 4.78 is 26.0. The van der Waals surface area contributed by atoms with Crippen LogP contribution in [0, 0.1) is 5.92 Å². The first-order valence-corrected chi connectivity index (χ1v) is 6.47. The van der Waals surface area contributed by atoms with Crippen LogP contribution in [0.25, 0.3) is 0 Å². The van der Waals surface area contributed by atoms with Crippen LogP contribution >= 0.6 is 11.3 Å². The number of aromatic nitrogens is 1. The second-order valence-electron chi connectivity index (χ2n) is 4.41. The average molecular weight is 246 g/mol. The zero-order valence-corrected chi connectivity index (χ0v) is 10.1. The van der Waals surface area contributed by atoms with E-state index in [1.54, 1.807) is 0 Å². The van der Waals surface area contributed by atoms with Crippen LogP contribution in [0.15, 0.2) is 5.38 Å². The molecule has 1 aromatic heterocycles. The average Bonchev–Trinajstić information content (AvgIpc) is 2.67. The minimum absolute atomic E-state index is 0.0820. The molecule has 0 saturated carbocycles. The smallest absolute Gasteiger partial charge is 0.287 e. The summed E-state index contributed by atoms with van der Waals surface area (Å²) in [5.74, 6) is -2.20. The molecule has 16 heavy (non-hydrogen) atoms. The molecule has 0 unspecified atom stereocenters. The van der Waals surface area contributed by atoms with E-state index in [4.69, 9.17) is 0 Å². The normalized spacial score (nSPS) is 18.9. The third kappa shape index (κ3) is 2.98. The van der Waals surface area contributed by atoms with Crippen LogP contribution in [0.4, 0.5) is 8.78 Å². The van der Waals surface area contributed by atoms with Crippen molar-refractivity contribution in [3.63, 3.8) is 0 Å². The Bertz CT molecular complexity index is 340. The van der Waals surface area contributed by atoms with Crippen LogP contribution in [0.5, 0.6) is 0 Å². The fourth-order valence-electron chi connectivity index (χ4n) is 1.94. The number of nitrogens with zero attached hydrogens (tertiary/aromatic N) is 1. The molecule has 0 aliphatic carbocycles. The van der Waals surface area contributed by atoms with Crippen LogP contribution < -0.4 is 5.32 Å². The Labute approximate surface area is 98.1 Å². The molecular formula is C11H16F2N2S. The van der Waals surface area contributed by atoms with Gasteiger partial charge in [-0.3, -0.25) is 0 Å². The summed E-state index contributed by atoms with van der Waals surface area (Å²) >= 11 is 1.36. The molecule has 2 heterocycles. The number of hydrogen-bond acceptors (Lipinski definition) is 3. The number of thiazole rings is 1. The van der Waals surface area contributed by atoms with Gasteiger partial charge in [-0.1, -0.05) is 0 Å². The van der Waals surface area contributed by atoms with Crippen LogP contribution in [-0.2, 0) is 12.3 Å². The molecule has 0 aromatic carbocycles. The number of halogens is 2. The summed E-state index contributed by atoms with van der Waals surface area (Å²) in [7, 11) is 0. The maximum Gasteiger partial charge on any atom is 0.287 e. The summed E-state index contributed by atoms with van der Waals surface area (Å²) in [6.45, 7) is 2.97. The number of nitrogens with one attached hydrogen (secondary N) is 1. The highest BCUT2D eigenvalue weighted by Crippen LogP contribution is 2.29. The Morgan fingerprint density at radius 2 is 2.19 bits per heavy atom. The van der Waals surface area contributed by atoms with Crippen molar-refractivity contribution in [3.05, 3.63) is 16.1 Å². The predicted molar refractivity (Wildman–Crippen MR) is 61.0 cm³/mol. The van der Waals surface area contributed by atoms with E-state index in [0.717, 1.165) is 44.3 Å². The Morgan fingerprint density at radius 3 is 2.75 bits per heavy atom. The van der Waals surface area contributed by atoms with Crippen LogP contribution in [0.1, 0.15) is 30.5 Å². The molecule has 0 atom stereocenters. The first kappa shape index (κ1) is 11.9. The SMILES string of the molecule is CC(F)(F)c1csc(CC2CCNCC2)n1. The van der Waals surface area contributed by atoms with Crippen molar-refractivity contribution < 1.29 is 8.78 Å². The molecule has 0 spiro atoms. The highest BCUT2D eigenvalue weighted by atomic mass is 32.1. The van der Waals surface area contributed by atoms with Gasteiger partial charge >= 0.3 is 0 Å². The minimum atomic E-state index is -2.80. The highest BCUT2D eigenvalue weighted by Gasteiger charge is 2.28. The molecule has 5 heteroatoms. The van der Waals surface area contributed by atoms with Crippen molar-refractivity contribution in [2.45, 2.75) is 32.1 Å². The molecule has 1 N–H and O–H groups in total. The maximum absolute atomic E-state index is 13.0. The summed E-state index contributed by atoms with van der Waals surface area (Å²) in [6.07, 6.45) is 3.09. The van der Waals surface area contributed by atoms with Crippen molar-refractivity contribution in [3.8, 4) is 0 Å². The van der Waals surface area contributed by atoms with E-state index < -0.39 is 5.92 Å². The third-order valence-electron chi connectivity index (χ3n) is 2.92. The number of alkyl halides is 2. The Hall–Kier alpha value is -0.550. The lowest BCUT2D eigenvalue weighted by Gasteiger charge is -2.21. The summed E-state index contributed by atoms with van der Waals surface area (Å²) in [6, 6.07) is 0. The Kier molecular flexibility index (Phi) is 3.54. The Balaban J connectivity index is 1.97. The maximum atomic E-state index is 13.0. The molecule has 0 amide bonds. The fraction of sp³-hybridized carbons (Fsp3) is 0.727. The van der Waals surface area contributed by atoms with E-state index in [1.165, 1.54) is 16.7 Å². The molecule has 1 fully saturated rings. The van der Waals surface area contributed by atoms with Gasteiger partial charge in [0.15, 0.2) is 0 Å². The zero-order chi connectivity index (χ0) is 11.6. The number of rotatable bonds is 3. The van der Waals surface area contributed by atoms with Crippen LogP contribution in [0.3, 0.4) is 0 Å². The third-order valence-corrected chi connectivity index (χ3v) is 3.79. The van der Waals surface area contributed by atoms with Gasteiger partial charge in [-0.2, -0.15) is 8.78 Å². The topological polar surface area (TPSA) is 24.9 Å². The molecule has 1 saturated heterocycles. The van der Waals surface area contributed by atoms with Gasteiger partial charge in [-0.05, 0) is 31.8 Å². The van der Waals surface area contributed by atoms with Crippen LogP contribution in [-0.4, -0.2) is 18.1 Å². The molecule has 0 radical (unpaired) electrons. The van der Waals surface area contributed by atoms with Crippen molar-refractivity contribution >= 4 is 11.3 Å². The standard InChI is InChI=1S/C11H16F2N2S/c1-11(12,13)9-7-16-10(15-9)6-8-2-4-14-5-3-8/h7-8,14H,2-6H2,1H3. The number of piperidine rings is 1. The second-order valence-corrected chi connectivity index (χ2v) is 5.36. The summed E-state index contributed by atoms with van der Waals surface area (Å²) in [5.41, 5.74) is -0.0820. The first-order valence-electron chi connectivity index (χ1n) is 5.59. The van der Waals surface area contributed by atoms with E-state index in [9.17, 15) is 8.78 Å². The fourth-order valence-corrected chi connectivity index (χ4v) is 2.93. The van der Waals surface area contributed by atoms with E-state index >= 15 is 0 Å². The van der Waals surface area contributed by atoms with Gasteiger partial charge < -0.3 is 5.32 Å². The van der Waals surface area contributed by atoms with E-state index in [-0.39, 0.29) is 5.69 Å². The second kappa shape index (κ2) is 4.75. The molecule has 1 aromatic rings. The molecule has 1 aliphatic heterocycles. The van der Waals surface area contributed by atoms with Crippen LogP contribution in [0.2, 0.25) is 0 Å². The summed E-state index contributed by atoms with van der Waals surface area (Å²) in [5, 5.41) is 5.63. The lowest BCUT2D eigenvalue weighted by atomic mass is 9.95. The van der Waals surface area contributed by atoms with E-state index in [2.05, 4.69) is 10.3 Å². The Morgan fingerprint density at radius 1 is 1.50 bits per heavy atom. The molecule has 0 bridgehead atoms. The minimum Gasteiger partial charge on any atom is -0.317 e. The van der Waals surface area contributed by atoms with E-state index in [0.29, 0.717) is 5.92 Å². The van der Waals surface area contributed by atoms with Gasteiger partial charge in [0, 0.05) is 18.7 Å². The molecule has 2 nitrogen and oxygen atoms in total. The number of hydrogen-bond donors (Lipinski definition) is 1. The van der Waals surface area contributed by atoms with Crippen molar-refractivity contribution in [1.82, 2.24) is 10.3 Å². The van der Waals surface area contributed by atoms with Gasteiger partial charge in [0.1, 0.15) is 5.69 Å². The van der Waals surface area contributed by atoms with Crippen molar-refractivity contribution in [2.24, 2.45) is 5.92 Å². The largest absolute Gasteiger partial charge is 0.317 e. The van der Waals surface area contributed by atoms with E-state index in [1.807, 2.05) is 0 Å². The highest BCUT2D eigenvalue weighted by molar-refractivity contribution is 7.09. The van der Waals surface area contributed by atoms with Crippen molar-refractivity contribution in [1.29, 1.82) is 0 Å². The monoisotopic (exact) mass is 246 g/mol. The van der Waals surface area contributed by atoms with Gasteiger partial charge in [0.05, 0.1) is 5.01 Å². The molecule has 1 aliphatic rings. The van der Waals surface area contributed by atoms with Gasteiger partial charge in [0.25, 0.3) is 5.92 Å². The van der Waals surface area contributed by atoms with Gasteiger partial charge in [-0.15, -0.1) is 11.3 Å². The predicted octanol–water partition coefficient (Wildman–Crippen LogP) is 2.80. The lowest BCUT2D eigenvalue weighted by molar-refractivity contribution is 0.0132. The molecule has 2 rings (SSSR count). The lowest BCUT2D eigenvalue weighted by Crippen LogP contribution is -2.28. The summed E-state index contributed by atoms with van der Waals surface area (Å²) in [4.78, 5) is 4.02. The van der Waals surface area contributed by atoms with Gasteiger partial charge in [-0.25, -0.2) is 4.98 Å². The quantitative estimate of drug-likeness (QED) is 0.887.